The van der Waals surface area contributed by atoms with Gasteiger partial charge in [-0.05, 0) is 31.4 Å². The van der Waals surface area contributed by atoms with E-state index in [1.165, 1.54) is 11.1 Å². The molecule has 1 amide bonds. The summed E-state index contributed by atoms with van der Waals surface area (Å²) >= 11 is 0. The Morgan fingerprint density at radius 1 is 1.08 bits per heavy atom. The fourth-order valence-corrected chi connectivity index (χ4v) is 2.58. The number of nitrogens with one attached hydrogen (secondary N) is 3. The fourth-order valence-electron chi connectivity index (χ4n) is 2.58. The highest BCUT2D eigenvalue weighted by Gasteiger charge is 2.11. The summed E-state index contributed by atoms with van der Waals surface area (Å²) in [6.07, 6.45) is 3.36. The third-order valence-corrected chi connectivity index (χ3v) is 4.02. The SMILES string of the molecule is C=C(CCc1ccc(C)cc1)NNC(=O)c1c[nH]c2ccccc12. The van der Waals surface area contributed by atoms with Crippen LogP contribution in [0.1, 0.15) is 27.9 Å². The number of aryl methyl sites for hydroxylation is 2. The molecule has 4 nitrogen and oxygen atoms in total. The summed E-state index contributed by atoms with van der Waals surface area (Å²) in [5, 5.41) is 0.905. The van der Waals surface area contributed by atoms with E-state index in [0.29, 0.717) is 5.56 Å². The van der Waals surface area contributed by atoms with E-state index in [1.54, 1.807) is 6.20 Å². The number of allylic oxidation sites excluding steroid dienone is 1. The largest absolute Gasteiger partial charge is 0.360 e. The van der Waals surface area contributed by atoms with E-state index in [-0.39, 0.29) is 5.91 Å². The summed E-state index contributed by atoms with van der Waals surface area (Å²) in [4.78, 5) is 15.4. The molecule has 2 aromatic carbocycles. The van der Waals surface area contributed by atoms with Crippen LogP contribution in [0, 0.1) is 6.92 Å². The van der Waals surface area contributed by atoms with Crippen molar-refractivity contribution in [3.05, 3.63) is 83.7 Å². The molecule has 1 aromatic heterocycles. The number of benzene rings is 2. The molecule has 0 atom stereocenters. The summed E-state index contributed by atoms with van der Waals surface area (Å²) in [5.74, 6) is -0.177. The number of hydrogen-bond donors (Lipinski definition) is 3. The minimum atomic E-state index is -0.177. The van der Waals surface area contributed by atoms with E-state index < -0.39 is 0 Å². The molecule has 3 N–H and O–H groups in total. The number of aromatic nitrogens is 1. The zero-order valence-electron chi connectivity index (χ0n) is 13.7. The van der Waals surface area contributed by atoms with Crippen LogP contribution < -0.4 is 10.9 Å². The molecule has 0 aliphatic rings. The van der Waals surface area contributed by atoms with E-state index in [2.05, 4.69) is 53.6 Å². The molecule has 3 rings (SSSR count). The summed E-state index contributed by atoms with van der Waals surface area (Å²) in [5.41, 5.74) is 10.5. The summed E-state index contributed by atoms with van der Waals surface area (Å²) in [7, 11) is 0. The zero-order valence-corrected chi connectivity index (χ0v) is 13.7. The first-order valence-electron chi connectivity index (χ1n) is 7.99. The number of carbonyl (C=O) groups excluding carboxylic acids is 1. The van der Waals surface area contributed by atoms with Gasteiger partial charge in [-0.15, -0.1) is 0 Å². The van der Waals surface area contributed by atoms with Gasteiger partial charge in [0.25, 0.3) is 5.91 Å². The molecule has 0 saturated heterocycles. The van der Waals surface area contributed by atoms with Gasteiger partial charge in [0.15, 0.2) is 0 Å². The normalized spacial score (nSPS) is 10.5. The molecule has 0 radical (unpaired) electrons. The van der Waals surface area contributed by atoms with Crippen LogP contribution in [0.4, 0.5) is 0 Å². The number of carbonyl (C=O) groups is 1. The molecule has 0 unspecified atom stereocenters. The molecule has 0 saturated carbocycles. The second-order valence-corrected chi connectivity index (χ2v) is 5.92. The van der Waals surface area contributed by atoms with Crippen molar-refractivity contribution in [2.75, 3.05) is 0 Å². The first kappa shape index (κ1) is 15.9. The molecule has 0 aliphatic heterocycles. The maximum absolute atomic E-state index is 12.3. The van der Waals surface area contributed by atoms with Crippen LogP contribution in [0.25, 0.3) is 10.9 Å². The number of hydrazine groups is 1. The first-order valence-corrected chi connectivity index (χ1v) is 7.99. The first-order chi connectivity index (χ1) is 11.6. The van der Waals surface area contributed by atoms with Crippen LogP contribution >= 0.6 is 0 Å². The molecule has 3 aromatic rings. The topological polar surface area (TPSA) is 56.9 Å². The molecule has 0 aliphatic carbocycles. The van der Waals surface area contributed by atoms with Crippen molar-refractivity contribution in [1.29, 1.82) is 0 Å². The highest BCUT2D eigenvalue weighted by atomic mass is 16.2. The highest BCUT2D eigenvalue weighted by Crippen LogP contribution is 2.17. The predicted octanol–water partition coefficient (Wildman–Crippen LogP) is 3.86. The fraction of sp³-hybridized carbons (Fsp3) is 0.150. The Morgan fingerprint density at radius 3 is 2.62 bits per heavy atom. The van der Waals surface area contributed by atoms with Crippen molar-refractivity contribution >= 4 is 16.8 Å². The second-order valence-electron chi connectivity index (χ2n) is 5.92. The molecule has 0 spiro atoms. The lowest BCUT2D eigenvalue weighted by atomic mass is 10.1. The van der Waals surface area contributed by atoms with Gasteiger partial charge in [0, 0.05) is 22.8 Å². The number of aromatic amines is 1. The van der Waals surface area contributed by atoms with Gasteiger partial charge in [-0.25, -0.2) is 0 Å². The third kappa shape index (κ3) is 3.66. The second kappa shape index (κ2) is 7.04. The van der Waals surface area contributed by atoms with Crippen LogP contribution in [0.2, 0.25) is 0 Å². The van der Waals surface area contributed by atoms with Crippen LogP contribution in [-0.4, -0.2) is 10.9 Å². The van der Waals surface area contributed by atoms with Crippen molar-refractivity contribution in [2.45, 2.75) is 19.8 Å². The Bertz CT molecular complexity index is 862. The minimum absolute atomic E-state index is 0.177. The lowest BCUT2D eigenvalue weighted by Gasteiger charge is -2.11. The predicted molar refractivity (Wildman–Crippen MR) is 97.5 cm³/mol. The van der Waals surface area contributed by atoms with Gasteiger partial charge in [0.2, 0.25) is 0 Å². The Kier molecular flexibility index (Phi) is 4.66. The smallest absolute Gasteiger partial charge is 0.271 e. The zero-order chi connectivity index (χ0) is 16.9. The minimum Gasteiger partial charge on any atom is -0.360 e. The van der Waals surface area contributed by atoms with Crippen molar-refractivity contribution in [1.82, 2.24) is 15.8 Å². The monoisotopic (exact) mass is 319 g/mol. The van der Waals surface area contributed by atoms with Gasteiger partial charge in [0.1, 0.15) is 0 Å². The van der Waals surface area contributed by atoms with E-state index >= 15 is 0 Å². The van der Waals surface area contributed by atoms with Gasteiger partial charge < -0.3 is 10.4 Å². The van der Waals surface area contributed by atoms with E-state index in [0.717, 1.165) is 29.4 Å². The Morgan fingerprint density at radius 2 is 1.83 bits per heavy atom. The standard InChI is InChI=1S/C20H21N3O/c1-14-7-10-16(11-8-14)12-9-15(2)22-23-20(24)18-13-21-19-6-4-3-5-17(18)19/h3-8,10-11,13,21-22H,2,9,12H2,1H3,(H,23,24). The van der Waals surface area contributed by atoms with Gasteiger partial charge in [-0.3, -0.25) is 10.2 Å². The molecule has 0 fully saturated rings. The Hall–Kier alpha value is -3.01. The molecule has 4 heteroatoms. The summed E-state index contributed by atoms with van der Waals surface area (Å²) in [6.45, 7) is 6.04. The number of amides is 1. The lowest BCUT2D eigenvalue weighted by molar-refractivity contribution is 0.0940. The molecular weight excluding hydrogens is 298 g/mol. The maximum Gasteiger partial charge on any atom is 0.271 e. The van der Waals surface area contributed by atoms with Gasteiger partial charge in [0.05, 0.1) is 5.56 Å². The number of para-hydroxylation sites is 1. The van der Waals surface area contributed by atoms with Crippen LogP contribution in [0.5, 0.6) is 0 Å². The van der Waals surface area contributed by atoms with Crippen molar-refractivity contribution < 1.29 is 4.79 Å². The van der Waals surface area contributed by atoms with Crippen molar-refractivity contribution in [3.63, 3.8) is 0 Å². The quantitative estimate of drug-likeness (QED) is 0.604. The molecule has 24 heavy (non-hydrogen) atoms. The van der Waals surface area contributed by atoms with Gasteiger partial charge in [-0.1, -0.05) is 54.6 Å². The molecule has 122 valence electrons. The van der Waals surface area contributed by atoms with E-state index in [9.17, 15) is 4.79 Å². The molecule has 0 bridgehead atoms. The van der Waals surface area contributed by atoms with Crippen LogP contribution in [-0.2, 0) is 6.42 Å². The van der Waals surface area contributed by atoms with Crippen LogP contribution in [0.15, 0.2) is 67.0 Å². The third-order valence-electron chi connectivity index (χ3n) is 4.02. The maximum atomic E-state index is 12.3. The lowest BCUT2D eigenvalue weighted by Crippen LogP contribution is -2.36. The summed E-state index contributed by atoms with van der Waals surface area (Å²) < 4.78 is 0. The highest BCUT2D eigenvalue weighted by molar-refractivity contribution is 6.06. The van der Waals surface area contributed by atoms with Crippen LogP contribution in [0.3, 0.4) is 0 Å². The number of H-pyrrole nitrogens is 1. The number of hydrogen-bond acceptors (Lipinski definition) is 2. The van der Waals surface area contributed by atoms with E-state index in [1.807, 2.05) is 24.3 Å². The summed E-state index contributed by atoms with van der Waals surface area (Å²) in [6, 6.07) is 16.2. The molecule has 1 heterocycles. The van der Waals surface area contributed by atoms with E-state index in [4.69, 9.17) is 0 Å². The Labute approximate surface area is 141 Å². The average Bonchev–Trinajstić information content (AvgIpc) is 3.03. The van der Waals surface area contributed by atoms with Gasteiger partial charge >= 0.3 is 0 Å². The average molecular weight is 319 g/mol. The van der Waals surface area contributed by atoms with Gasteiger partial charge in [-0.2, -0.15) is 0 Å². The number of fused-ring (bicyclic) bond motifs is 1. The van der Waals surface area contributed by atoms with Crippen molar-refractivity contribution in [2.24, 2.45) is 0 Å². The number of rotatable bonds is 6. The molecular formula is C20H21N3O. The van der Waals surface area contributed by atoms with Crippen molar-refractivity contribution in [3.8, 4) is 0 Å². The Balaban J connectivity index is 1.52.